The standard InChI is InChI=1S/C17H23N3O3S/c1-3-13(2)19-17(21)14-8-10-20(11-9-14)24(22,23)16-7-5-4-6-15(16)12-18/h4-7,13-14H,3,8-11H2,1-2H3,(H,19,21). The molecule has 0 aromatic heterocycles. The van der Waals surface area contributed by atoms with E-state index in [1.165, 1.54) is 16.4 Å². The van der Waals surface area contributed by atoms with Gasteiger partial charge in [-0.15, -0.1) is 0 Å². The molecule has 0 aliphatic carbocycles. The Kier molecular flexibility index (Phi) is 5.97. The van der Waals surface area contributed by atoms with Crippen molar-refractivity contribution in [2.45, 2.75) is 44.0 Å². The zero-order valence-corrected chi connectivity index (χ0v) is 14.8. The molecule has 1 unspecified atom stereocenters. The Labute approximate surface area is 143 Å². The molecule has 1 atom stereocenters. The van der Waals surface area contributed by atoms with Crippen molar-refractivity contribution in [1.82, 2.24) is 9.62 Å². The van der Waals surface area contributed by atoms with Crippen molar-refractivity contribution >= 4 is 15.9 Å². The van der Waals surface area contributed by atoms with Crippen LogP contribution in [0.1, 0.15) is 38.7 Å². The third-order valence-electron chi connectivity index (χ3n) is 4.45. The fourth-order valence-electron chi connectivity index (χ4n) is 2.74. The second-order valence-electron chi connectivity index (χ2n) is 6.10. The van der Waals surface area contributed by atoms with Crippen molar-refractivity contribution in [3.8, 4) is 6.07 Å². The number of nitriles is 1. The molecule has 0 bridgehead atoms. The zero-order chi connectivity index (χ0) is 17.7. The maximum absolute atomic E-state index is 12.7. The lowest BCUT2D eigenvalue weighted by Crippen LogP contribution is -2.44. The van der Waals surface area contributed by atoms with Crippen molar-refractivity contribution in [3.63, 3.8) is 0 Å². The fraction of sp³-hybridized carbons (Fsp3) is 0.529. The summed E-state index contributed by atoms with van der Waals surface area (Å²) < 4.78 is 26.9. The summed E-state index contributed by atoms with van der Waals surface area (Å²) in [5.74, 6) is -0.157. The summed E-state index contributed by atoms with van der Waals surface area (Å²) in [5.41, 5.74) is 0.147. The molecule has 1 amide bonds. The van der Waals surface area contributed by atoms with Crippen LogP contribution in [0.3, 0.4) is 0 Å². The van der Waals surface area contributed by atoms with Crippen LogP contribution in [0.15, 0.2) is 29.2 Å². The van der Waals surface area contributed by atoms with Gasteiger partial charge in [-0.25, -0.2) is 8.42 Å². The van der Waals surface area contributed by atoms with E-state index in [0.29, 0.717) is 25.9 Å². The Morgan fingerprint density at radius 3 is 2.58 bits per heavy atom. The summed E-state index contributed by atoms with van der Waals surface area (Å²) in [5, 5.41) is 12.1. The highest BCUT2D eigenvalue weighted by Gasteiger charge is 2.33. The van der Waals surface area contributed by atoms with E-state index in [1.807, 2.05) is 19.9 Å². The van der Waals surface area contributed by atoms with E-state index in [-0.39, 0.29) is 28.3 Å². The SMILES string of the molecule is CCC(C)NC(=O)C1CCN(S(=O)(=O)c2ccccc2C#N)CC1. The molecule has 0 saturated carbocycles. The quantitative estimate of drug-likeness (QED) is 0.879. The molecule has 24 heavy (non-hydrogen) atoms. The Bertz CT molecular complexity index is 732. The number of sulfonamides is 1. The Morgan fingerprint density at radius 2 is 2.00 bits per heavy atom. The van der Waals surface area contributed by atoms with Gasteiger partial charge in [0.05, 0.1) is 10.5 Å². The lowest BCUT2D eigenvalue weighted by molar-refractivity contribution is -0.126. The molecule has 1 fully saturated rings. The van der Waals surface area contributed by atoms with Gasteiger partial charge in [-0.1, -0.05) is 19.1 Å². The van der Waals surface area contributed by atoms with Crippen LogP contribution in [-0.2, 0) is 14.8 Å². The minimum atomic E-state index is -3.70. The van der Waals surface area contributed by atoms with E-state index < -0.39 is 10.0 Å². The van der Waals surface area contributed by atoms with E-state index in [2.05, 4.69) is 5.32 Å². The van der Waals surface area contributed by atoms with Crippen LogP contribution < -0.4 is 5.32 Å². The van der Waals surface area contributed by atoms with Gasteiger partial charge in [-0.2, -0.15) is 9.57 Å². The molecule has 7 heteroatoms. The van der Waals surface area contributed by atoms with Crippen molar-refractivity contribution in [3.05, 3.63) is 29.8 Å². The van der Waals surface area contributed by atoms with Gasteiger partial charge >= 0.3 is 0 Å². The molecule has 130 valence electrons. The Morgan fingerprint density at radius 1 is 1.38 bits per heavy atom. The number of piperidine rings is 1. The first kappa shape index (κ1) is 18.4. The summed E-state index contributed by atoms with van der Waals surface area (Å²) in [6.45, 7) is 4.55. The van der Waals surface area contributed by atoms with Gasteiger partial charge in [-0.05, 0) is 38.3 Å². The highest BCUT2D eigenvalue weighted by Crippen LogP contribution is 2.25. The first-order valence-corrected chi connectivity index (χ1v) is 9.63. The number of rotatable bonds is 5. The van der Waals surface area contributed by atoms with Crippen LogP contribution in [0.25, 0.3) is 0 Å². The van der Waals surface area contributed by atoms with Crippen molar-refractivity contribution in [1.29, 1.82) is 5.26 Å². The van der Waals surface area contributed by atoms with Gasteiger partial charge in [0.25, 0.3) is 0 Å². The predicted octanol–water partition coefficient (Wildman–Crippen LogP) is 1.87. The first-order valence-electron chi connectivity index (χ1n) is 8.19. The summed E-state index contributed by atoms with van der Waals surface area (Å²) >= 11 is 0. The maximum Gasteiger partial charge on any atom is 0.244 e. The molecule has 1 heterocycles. The van der Waals surface area contributed by atoms with Crippen molar-refractivity contribution in [2.24, 2.45) is 5.92 Å². The zero-order valence-electron chi connectivity index (χ0n) is 14.0. The lowest BCUT2D eigenvalue weighted by atomic mass is 9.97. The van der Waals surface area contributed by atoms with Crippen molar-refractivity contribution < 1.29 is 13.2 Å². The number of benzene rings is 1. The summed E-state index contributed by atoms with van der Waals surface area (Å²) in [6, 6.07) is 8.26. The van der Waals surface area contributed by atoms with Gasteiger partial charge in [0.15, 0.2) is 0 Å². The number of carbonyl (C=O) groups excluding carboxylic acids is 1. The number of nitrogens with one attached hydrogen (secondary N) is 1. The number of carbonyl (C=O) groups is 1. The molecule has 1 aliphatic rings. The largest absolute Gasteiger partial charge is 0.353 e. The second kappa shape index (κ2) is 7.77. The highest BCUT2D eigenvalue weighted by atomic mass is 32.2. The number of hydrogen-bond acceptors (Lipinski definition) is 4. The van der Waals surface area contributed by atoms with Crippen molar-refractivity contribution in [2.75, 3.05) is 13.1 Å². The molecule has 2 rings (SSSR count). The van der Waals surface area contributed by atoms with Crippen LogP contribution in [0, 0.1) is 17.2 Å². The van der Waals surface area contributed by atoms with Gasteiger partial charge in [-0.3, -0.25) is 4.79 Å². The van der Waals surface area contributed by atoms with Crippen LogP contribution in [0.2, 0.25) is 0 Å². The van der Waals surface area contributed by atoms with Gasteiger partial charge in [0.2, 0.25) is 15.9 Å². The molecule has 6 nitrogen and oxygen atoms in total. The molecule has 1 saturated heterocycles. The van der Waals surface area contributed by atoms with Crippen LogP contribution in [-0.4, -0.2) is 37.8 Å². The lowest BCUT2D eigenvalue weighted by Gasteiger charge is -2.31. The fourth-order valence-corrected chi connectivity index (χ4v) is 4.36. The minimum Gasteiger partial charge on any atom is -0.353 e. The Balaban J connectivity index is 2.06. The van der Waals surface area contributed by atoms with Crippen LogP contribution in [0.4, 0.5) is 0 Å². The molecule has 1 aliphatic heterocycles. The first-order chi connectivity index (χ1) is 11.4. The monoisotopic (exact) mass is 349 g/mol. The van der Waals surface area contributed by atoms with Gasteiger partial charge < -0.3 is 5.32 Å². The molecular formula is C17H23N3O3S. The second-order valence-corrected chi connectivity index (χ2v) is 8.01. The molecule has 1 aromatic rings. The minimum absolute atomic E-state index is 0.00109. The molecular weight excluding hydrogens is 326 g/mol. The maximum atomic E-state index is 12.7. The van der Waals surface area contributed by atoms with E-state index in [9.17, 15) is 13.2 Å². The van der Waals surface area contributed by atoms with E-state index in [4.69, 9.17) is 5.26 Å². The normalized spacial score (nSPS) is 17.9. The van der Waals surface area contributed by atoms with E-state index in [0.717, 1.165) is 6.42 Å². The highest BCUT2D eigenvalue weighted by molar-refractivity contribution is 7.89. The van der Waals surface area contributed by atoms with Gasteiger partial charge in [0, 0.05) is 25.0 Å². The molecule has 1 aromatic carbocycles. The summed E-state index contributed by atoms with van der Waals surface area (Å²) in [7, 11) is -3.70. The average Bonchev–Trinajstić information content (AvgIpc) is 2.61. The number of amides is 1. The van der Waals surface area contributed by atoms with Crippen LogP contribution in [0.5, 0.6) is 0 Å². The summed E-state index contributed by atoms with van der Waals surface area (Å²) in [6.07, 6.45) is 1.86. The molecule has 1 N–H and O–H groups in total. The third-order valence-corrected chi connectivity index (χ3v) is 6.41. The summed E-state index contributed by atoms with van der Waals surface area (Å²) in [4.78, 5) is 12.2. The van der Waals surface area contributed by atoms with Gasteiger partial charge in [0.1, 0.15) is 6.07 Å². The van der Waals surface area contributed by atoms with E-state index in [1.54, 1.807) is 12.1 Å². The number of nitrogens with zero attached hydrogens (tertiary/aromatic N) is 2. The molecule has 0 radical (unpaired) electrons. The average molecular weight is 349 g/mol. The predicted molar refractivity (Wildman–Crippen MR) is 90.5 cm³/mol. The van der Waals surface area contributed by atoms with Crippen LogP contribution >= 0.6 is 0 Å². The third kappa shape index (κ3) is 3.94. The van der Waals surface area contributed by atoms with E-state index >= 15 is 0 Å². The molecule has 0 spiro atoms. The topological polar surface area (TPSA) is 90.3 Å². The Hall–Kier alpha value is -1.91. The number of hydrogen-bond donors (Lipinski definition) is 1. The smallest absolute Gasteiger partial charge is 0.244 e.